The Labute approximate surface area is 83.9 Å². The van der Waals surface area contributed by atoms with Crippen LogP contribution >= 0.6 is 11.6 Å². The maximum Gasteiger partial charge on any atom is 0.0421 e. The van der Waals surface area contributed by atoms with Crippen molar-refractivity contribution in [2.45, 2.75) is 13.3 Å². The van der Waals surface area contributed by atoms with E-state index in [2.05, 4.69) is 11.8 Å². The van der Waals surface area contributed by atoms with Gasteiger partial charge in [-0.3, -0.25) is 0 Å². The highest BCUT2D eigenvalue weighted by atomic mass is 35.5. The summed E-state index contributed by atoms with van der Waals surface area (Å²) in [6.07, 6.45) is 0.728. The monoisotopic (exact) mass is 193 g/mol. The van der Waals surface area contributed by atoms with Crippen LogP contribution in [0.4, 0.5) is 0 Å². The summed E-state index contributed by atoms with van der Waals surface area (Å²) in [5.41, 5.74) is 7.41. The molecule has 0 saturated carbocycles. The fourth-order valence-corrected chi connectivity index (χ4v) is 1.33. The van der Waals surface area contributed by atoms with Crippen molar-refractivity contribution >= 4 is 11.6 Å². The van der Waals surface area contributed by atoms with Gasteiger partial charge in [-0.05, 0) is 30.7 Å². The van der Waals surface area contributed by atoms with Crippen molar-refractivity contribution in [3.8, 4) is 11.8 Å². The van der Waals surface area contributed by atoms with Crippen LogP contribution in [0.15, 0.2) is 18.2 Å². The van der Waals surface area contributed by atoms with Crippen molar-refractivity contribution < 1.29 is 0 Å². The molecule has 0 aliphatic rings. The average molecular weight is 194 g/mol. The lowest BCUT2D eigenvalue weighted by Crippen LogP contribution is -1.95. The Morgan fingerprint density at radius 3 is 2.77 bits per heavy atom. The summed E-state index contributed by atoms with van der Waals surface area (Å²) in [6, 6.07) is 5.78. The highest BCUT2D eigenvalue weighted by Crippen LogP contribution is 2.13. The van der Waals surface area contributed by atoms with E-state index >= 15 is 0 Å². The molecule has 0 radical (unpaired) electrons. The Balaban J connectivity index is 2.85. The molecule has 0 heterocycles. The first kappa shape index (κ1) is 10.1. The zero-order chi connectivity index (χ0) is 9.68. The summed E-state index contributed by atoms with van der Waals surface area (Å²) < 4.78 is 0. The molecule has 1 nitrogen and oxygen atoms in total. The Kier molecular flexibility index (Phi) is 3.82. The molecule has 1 aromatic rings. The third kappa shape index (κ3) is 3.50. The van der Waals surface area contributed by atoms with Crippen molar-refractivity contribution in [1.29, 1.82) is 0 Å². The molecule has 0 atom stereocenters. The molecule has 0 spiro atoms. The fourth-order valence-electron chi connectivity index (χ4n) is 1.05. The summed E-state index contributed by atoms with van der Waals surface area (Å²) in [5, 5.41) is 0.733. The van der Waals surface area contributed by atoms with E-state index < -0.39 is 0 Å². The summed E-state index contributed by atoms with van der Waals surface area (Å²) in [7, 11) is 0. The van der Waals surface area contributed by atoms with Gasteiger partial charge in [0.05, 0.1) is 0 Å². The topological polar surface area (TPSA) is 26.0 Å². The minimum absolute atomic E-state index is 0.604. The lowest BCUT2D eigenvalue weighted by Gasteiger charge is -1.95. The minimum atomic E-state index is 0.604. The molecule has 1 aromatic carbocycles. The Hall–Kier alpha value is -0.970. The van der Waals surface area contributed by atoms with E-state index in [-0.39, 0.29) is 0 Å². The number of hydrogen-bond acceptors (Lipinski definition) is 1. The van der Waals surface area contributed by atoms with E-state index in [4.69, 9.17) is 17.3 Å². The fraction of sp³-hybridized carbons (Fsp3) is 0.273. The van der Waals surface area contributed by atoms with Crippen LogP contribution in [0.2, 0.25) is 5.02 Å². The Bertz CT molecular complexity index is 327. The molecule has 2 heteroatoms. The SMILES string of the molecule is Cc1cc(Cl)cc(C#CCCN)c1. The molecule has 0 aliphatic heterocycles. The maximum atomic E-state index is 5.87. The lowest BCUT2D eigenvalue weighted by molar-refractivity contribution is 1.03. The van der Waals surface area contributed by atoms with E-state index in [9.17, 15) is 0 Å². The third-order valence-electron chi connectivity index (χ3n) is 1.54. The van der Waals surface area contributed by atoms with Crippen molar-refractivity contribution in [2.24, 2.45) is 5.73 Å². The normalized spacial score (nSPS) is 9.15. The van der Waals surface area contributed by atoms with Gasteiger partial charge in [0.1, 0.15) is 0 Å². The van der Waals surface area contributed by atoms with Gasteiger partial charge in [0.15, 0.2) is 0 Å². The van der Waals surface area contributed by atoms with E-state index in [1.807, 2.05) is 25.1 Å². The van der Waals surface area contributed by atoms with Gasteiger partial charge in [-0.2, -0.15) is 0 Å². The second-order valence-electron chi connectivity index (χ2n) is 2.86. The highest BCUT2D eigenvalue weighted by Gasteiger charge is 1.92. The summed E-state index contributed by atoms with van der Waals surface area (Å²) in [4.78, 5) is 0. The van der Waals surface area contributed by atoms with Gasteiger partial charge in [-0.1, -0.05) is 23.4 Å². The minimum Gasteiger partial charge on any atom is -0.330 e. The maximum absolute atomic E-state index is 5.87. The zero-order valence-electron chi connectivity index (χ0n) is 7.60. The van der Waals surface area contributed by atoms with Crippen molar-refractivity contribution in [3.05, 3.63) is 34.3 Å². The average Bonchev–Trinajstić information content (AvgIpc) is 2.03. The number of rotatable bonds is 1. The van der Waals surface area contributed by atoms with Gasteiger partial charge in [-0.25, -0.2) is 0 Å². The standard InChI is InChI=1S/C11H12ClN/c1-9-6-10(4-2-3-5-13)8-11(12)7-9/h6-8H,3,5,13H2,1H3. The second-order valence-corrected chi connectivity index (χ2v) is 3.29. The van der Waals surface area contributed by atoms with Crippen LogP contribution in [-0.4, -0.2) is 6.54 Å². The van der Waals surface area contributed by atoms with E-state index in [1.54, 1.807) is 0 Å². The molecule has 0 unspecified atom stereocenters. The number of benzene rings is 1. The summed E-state index contributed by atoms with van der Waals surface area (Å²) in [6.45, 7) is 2.60. The molecule has 2 N–H and O–H groups in total. The number of nitrogens with two attached hydrogens (primary N) is 1. The number of hydrogen-bond donors (Lipinski definition) is 1. The first-order valence-corrected chi connectivity index (χ1v) is 4.56. The molecule has 0 aliphatic carbocycles. The van der Waals surface area contributed by atoms with Gasteiger partial charge >= 0.3 is 0 Å². The molecule has 0 saturated heterocycles. The molecular formula is C11H12ClN. The molecule has 68 valence electrons. The summed E-state index contributed by atoms with van der Waals surface area (Å²) in [5.74, 6) is 5.98. The molecule has 13 heavy (non-hydrogen) atoms. The van der Waals surface area contributed by atoms with Gasteiger partial charge in [0, 0.05) is 23.6 Å². The molecule has 0 fully saturated rings. The van der Waals surface area contributed by atoms with Crippen LogP contribution < -0.4 is 5.73 Å². The van der Waals surface area contributed by atoms with Crippen molar-refractivity contribution in [1.82, 2.24) is 0 Å². The van der Waals surface area contributed by atoms with Gasteiger partial charge in [0.25, 0.3) is 0 Å². The third-order valence-corrected chi connectivity index (χ3v) is 1.76. The number of aryl methyl sites for hydroxylation is 1. The van der Waals surface area contributed by atoms with Gasteiger partial charge < -0.3 is 5.73 Å². The van der Waals surface area contributed by atoms with E-state index in [1.165, 1.54) is 0 Å². The molecule has 0 amide bonds. The van der Waals surface area contributed by atoms with Gasteiger partial charge in [0.2, 0.25) is 0 Å². The molecular weight excluding hydrogens is 182 g/mol. The summed E-state index contributed by atoms with van der Waals surface area (Å²) >= 11 is 5.87. The van der Waals surface area contributed by atoms with Crippen LogP contribution in [0.3, 0.4) is 0 Å². The first-order chi connectivity index (χ1) is 6.22. The lowest BCUT2D eigenvalue weighted by atomic mass is 10.1. The quantitative estimate of drug-likeness (QED) is 0.681. The molecule has 0 bridgehead atoms. The van der Waals surface area contributed by atoms with Crippen LogP contribution in [0.1, 0.15) is 17.5 Å². The number of halogens is 1. The van der Waals surface area contributed by atoms with E-state index in [0.717, 1.165) is 22.6 Å². The first-order valence-electron chi connectivity index (χ1n) is 4.18. The predicted octanol–water partition coefficient (Wildman–Crippen LogP) is 2.35. The van der Waals surface area contributed by atoms with E-state index in [0.29, 0.717) is 6.54 Å². The van der Waals surface area contributed by atoms with Crippen LogP contribution in [0.25, 0.3) is 0 Å². The highest BCUT2D eigenvalue weighted by molar-refractivity contribution is 6.30. The molecule has 1 rings (SSSR count). The molecule has 0 aromatic heterocycles. The smallest absolute Gasteiger partial charge is 0.0421 e. The second kappa shape index (κ2) is 4.91. The van der Waals surface area contributed by atoms with Crippen LogP contribution in [0.5, 0.6) is 0 Å². The van der Waals surface area contributed by atoms with Crippen LogP contribution in [-0.2, 0) is 0 Å². The Morgan fingerprint density at radius 1 is 1.38 bits per heavy atom. The Morgan fingerprint density at radius 2 is 2.15 bits per heavy atom. The van der Waals surface area contributed by atoms with Crippen molar-refractivity contribution in [2.75, 3.05) is 6.54 Å². The zero-order valence-corrected chi connectivity index (χ0v) is 8.36. The predicted molar refractivity (Wildman–Crippen MR) is 56.7 cm³/mol. The largest absolute Gasteiger partial charge is 0.330 e. The van der Waals surface area contributed by atoms with Crippen molar-refractivity contribution in [3.63, 3.8) is 0 Å². The van der Waals surface area contributed by atoms with Crippen LogP contribution in [0, 0.1) is 18.8 Å². The van der Waals surface area contributed by atoms with Gasteiger partial charge in [-0.15, -0.1) is 0 Å².